The van der Waals surface area contributed by atoms with Gasteiger partial charge in [0.2, 0.25) is 5.91 Å². The highest BCUT2D eigenvalue weighted by Crippen LogP contribution is 2.24. The van der Waals surface area contributed by atoms with Crippen LogP contribution in [0.25, 0.3) is 10.7 Å². The van der Waals surface area contributed by atoms with Crippen LogP contribution < -0.4 is 5.32 Å². The molecule has 2 amide bonds. The van der Waals surface area contributed by atoms with Gasteiger partial charge in [-0.05, 0) is 30.9 Å². The molecule has 1 saturated heterocycles. The van der Waals surface area contributed by atoms with Crippen LogP contribution in [0.2, 0.25) is 0 Å². The van der Waals surface area contributed by atoms with E-state index in [4.69, 9.17) is 0 Å². The second kappa shape index (κ2) is 7.53. The first-order valence-electron chi connectivity index (χ1n) is 8.04. The molecule has 7 heteroatoms. The van der Waals surface area contributed by atoms with Gasteiger partial charge in [-0.25, -0.2) is 4.98 Å². The number of pyridine rings is 1. The molecule has 6 nitrogen and oxygen atoms in total. The first-order valence-corrected chi connectivity index (χ1v) is 8.92. The second-order valence-corrected chi connectivity index (χ2v) is 6.81. The topological polar surface area (TPSA) is 75.2 Å². The number of carbonyl (C=O) groups excluding carboxylic acids is 2. The van der Waals surface area contributed by atoms with Crippen LogP contribution in [0.4, 0.5) is 0 Å². The summed E-state index contributed by atoms with van der Waals surface area (Å²) in [6.07, 6.45) is 3.70. The van der Waals surface area contributed by atoms with Gasteiger partial charge in [0.15, 0.2) is 0 Å². The summed E-state index contributed by atoms with van der Waals surface area (Å²) in [4.78, 5) is 34.3. The molecular formula is C17H20N4O2S. The number of aromatic nitrogens is 2. The van der Waals surface area contributed by atoms with Gasteiger partial charge in [-0.2, -0.15) is 0 Å². The zero-order valence-electron chi connectivity index (χ0n) is 13.6. The average molecular weight is 344 g/mol. The molecule has 0 spiro atoms. The number of hydrogen-bond donors (Lipinski definition) is 1. The molecule has 3 rings (SSSR count). The number of rotatable bonds is 4. The van der Waals surface area contributed by atoms with E-state index in [1.807, 2.05) is 23.1 Å². The van der Waals surface area contributed by atoms with Crippen LogP contribution in [0.3, 0.4) is 0 Å². The van der Waals surface area contributed by atoms with Crippen molar-refractivity contribution < 1.29 is 9.59 Å². The summed E-state index contributed by atoms with van der Waals surface area (Å²) in [7, 11) is 0. The number of nitrogens with one attached hydrogen (secondary N) is 1. The van der Waals surface area contributed by atoms with Gasteiger partial charge in [0.25, 0.3) is 5.91 Å². The Labute approximate surface area is 144 Å². The number of piperidine rings is 1. The van der Waals surface area contributed by atoms with Crippen molar-refractivity contribution in [2.75, 3.05) is 19.6 Å². The van der Waals surface area contributed by atoms with Crippen LogP contribution in [0, 0.1) is 5.92 Å². The van der Waals surface area contributed by atoms with Crippen molar-refractivity contribution >= 4 is 23.2 Å². The van der Waals surface area contributed by atoms with Gasteiger partial charge in [0, 0.05) is 38.1 Å². The molecule has 1 aliphatic rings. The van der Waals surface area contributed by atoms with Crippen LogP contribution >= 0.6 is 11.3 Å². The Kier molecular flexibility index (Phi) is 5.20. The summed E-state index contributed by atoms with van der Waals surface area (Å²) < 4.78 is 0. The van der Waals surface area contributed by atoms with E-state index in [1.54, 1.807) is 11.6 Å². The number of amides is 2. The summed E-state index contributed by atoms with van der Waals surface area (Å²) in [6.45, 7) is 3.54. The first-order chi connectivity index (χ1) is 11.6. The number of likely N-dealkylation sites (tertiary alicyclic amines) is 1. The third-order valence-corrected chi connectivity index (χ3v) is 4.92. The normalized spacial score (nSPS) is 17.5. The molecule has 2 aromatic rings. The maximum absolute atomic E-state index is 12.7. The van der Waals surface area contributed by atoms with E-state index < -0.39 is 0 Å². The van der Waals surface area contributed by atoms with Gasteiger partial charge in [-0.3, -0.25) is 14.6 Å². The lowest BCUT2D eigenvalue weighted by atomic mass is 9.98. The zero-order valence-corrected chi connectivity index (χ0v) is 14.4. The van der Waals surface area contributed by atoms with Crippen molar-refractivity contribution in [3.05, 3.63) is 35.5 Å². The monoisotopic (exact) mass is 344 g/mol. The Morgan fingerprint density at radius 2 is 2.29 bits per heavy atom. The minimum absolute atomic E-state index is 0.0297. The van der Waals surface area contributed by atoms with Gasteiger partial charge < -0.3 is 10.2 Å². The standard InChI is InChI=1S/C17H20N4O2S/c1-12(22)19-9-13-5-4-8-21(10-13)17(23)15-11-24-16(20-15)14-6-2-3-7-18-14/h2-3,6-7,11,13H,4-5,8-10H2,1H3,(H,19,22). The molecule has 126 valence electrons. The molecule has 0 bridgehead atoms. The number of nitrogens with zero attached hydrogens (tertiary/aromatic N) is 3. The van der Waals surface area contributed by atoms with Gasteiger partial charge in [0.05, 0.1) is 5.69 Å². The molecule has 1 unspecified atom stereocenters. The third kappa shape index (κ3) is 3.97. The molecule has 0 radical (unpaired) electrons. The Bertz CT molecular complexity index is 716. The van der Waals surface area contributed by atoms with Crippen molar-refractivity contribution in [3.8, 4) is 10.7 Å². The van der Waals surface area contributed by atoms with Crippen molar-refractivity contribution in [2.24, 2.45) is 5.92 Å². The van der Waals surface area contributed by atoms with Gasteiger partial charge >= 0.3 is 0 Å². The van der Waals surface area contributed by atoms with Crippen LogP contribution in [0.15, 0.2) is 29.8 Å². The minimum Gasteiger partial charge on any atom is -0.356 e. The fourth-order valence-electron chi connectivity index (χ4n) is 2.85. The molecule has 0 aliphatic carbocycles. The van der Waals surface area contributed by atoms with Crippen LogP contribution in [-0.2, 0) is 4.79 Å². The Morgan fingerprint density at radius 1 is 1.42 bits per heavy atom. The quantitative estimate of drug-likeness (QED) is 0.922. The number of hydrogen-bond acceptors (Lipinski definition) is 5. The van der Waals surface area contributed by atoms with E-state index >= 15 is 0 Å². The van der Waals surface area contributed by atoms with Crippen LogP contribution in [0.5, 0.6) is 0 Å². The van der Waals surface area contributed by atoms with Gasteiger partial charge in [-0.15, -0.1) is 11.3 Å². The van der Waals surface area contributed by atoms with Crippen molar-refractivity contribution in [2.45, 2.75) is 19.8 Å². The number of thiazole rings is 1. The average Bonchev–Trinajstić information content (AvgIpc) is 3.10. The Balaban J connectivity index is 1.66. The smallest absolute Gasteiger partial charge is 0.273 e. The Hall–Kier alpha value is -2.28. The van der Waals surface area contributed by atoms with E-state index in [1.165, 1.54) is 18.3 Å². The lowest BCUT2D eigenvalue weighted by Crippen LogP contribution is -2.43. The largest absolute Gasteiger partial charge is 0.356 e. The summed E-state index contributed by atoms with van der Waals surface area (Å²) in [5.41, 5.74) is 1.25. The molecule has 1 atom stereocenters. The molecule has 0 aromatic carbocycles. The van der Waals surface area contributed by atoms with Crippen molar-refractivity contribution in [1.29, 1.82) is 0 Å². The molecule has 1 N–H and O–H groups in total. The summed E-state index contributed by atoms with van der Waals surface area (Å²) >= 11 is 1.43. The van der Waals surface area contributed by atoms with E-state index in [0.717, 1.165) is 30.1 Å². The van der Waals surface area contributed by atoms with Crippen LogP contribution in [0.1, 0.15) is 30.3 Å². The maximum Gasteiger partial charge on any atom is 0.273 e. The molecule has 3 heterocycles. The SMILES string of the molecule is CC(=O)NCC1CCCN(C(=O)c2csc(-c3ccccn3)n2)C1. The van der Waals surface area contributed by atoms with Crippen molar-refractivity contribution in [3.63, 3.8) is 0 Å². The summed E-state index contributed by atoms with van der Waals surface area (Å²) in [5, 5.41) is 5.39. The highest BCUT2D eigenvalue weighted by atomic mass is 32.1. The van der Waals surface area contributed by atoms with E-state index in [9.17, 15) is 9.59 Å². The molecule has 1 fully saturated rings. The second-order valence-electron chi connectivity index (χ2n) is 5.95. The summed E-state index contributed by atoms with van der Waals surface area (Å²) in [6, 6.07) is 5.64. The minimum atomic E-state index is -0.0408. The third-order valence-electron chi connectivity index (χ3n) is 4.05. The number of carbonyl (C=O) groups is 2. The van der Waals surface area contributed by atoms with E-state index in [2.05, 4.69) is 15.3 Å². The molecule has 0 saturated carbocycles. The van der Waals surface area contributed by atoms with E-state index in [0.29, 0.717) is 24.7 Å². The highest BCUT2D eigenvalue weighted by Gasteiger charge is 2.26. The molecule has 1 aliphatic heterocycles. The van der Waals surface area contributed by atoms with Crippen molar-refractivity contribution in [1.82, 2.24) is 20.2 Å². The fourth-order valence-corrected chi connectivity index (χ4v) is 3.61. The van der Waals surface area contributed by atoms with Crippen LogP contribution in [-0.4, -0.2) is 46.3 Å². The molecule has 2 aromatic heterocycles. The highest BCUT2D eigenvalue weighted by molar-refractivity contribution is 7.13. The summed E-state index contributed by atoms with van der Waals surface area (Å²) in [5.74, 6) is 0.236. The Morgan fingerprint density at radius 3 is 3.04 bits per heavy atom. The first kappa shape index (κ1) is 16.6. The zero-order chi connectivity index (χ0) is 16.9. The van der Waals surface area contributed by atoms with Gasteiger partial charge in [-0.1, -0.05) is 6.07 Å². The van der Waals surface area contributed by atoms with E-state index in [-0.39, 0.29) is 11.8 Å². The predicted molar refractivity (Wildman–Crippen MR) is 92.7 cm³/mol. The lowest BCUT2D eigenvalue weighted by molar-refractivity contribution is -0.119. The lowest BCUT2D eigenvalue weighted by Gasteiger charge is -2.32. The fraction of sp³-hybridized carbons (Fsp3) is 0.412. The van der Waals surface area contributed by atoms with Gasteiger partial charge in [0.1, 0.15) is 10.7 Å². The molecular weight excluding hydrogens is 324 g/mol. The maximum atomic E-state index is 12.7. The predicted octanol–water partition coefficient (Wildman–Crippen LogP) is 2.19. The molecule has 24 heavy (non-hydrogen) atoms.